The number of para-hydroxylation sites is 1. The van der Waals surface area contributed by atoms with Gasteiger partial charge >= 0.3 is 6.03 Å². The van der Waals surface area contributed by atoms with Gasteiger partial charge in [0.05, 0.1) is 23.0 Å². The van der Waals surface area contributed by atoms with Crippen molar-refractivity contribution in [3.8, 4) is 0 Å². The number of carbonyl (C=O) groups excluding carboxylic acids is 1. The molecule has 2 amide bonds. The van der Waals surface area contributed by atoms with Crippen LogP contribution in [0.2, 0.25) is 5.02 Å². The predicted molar refractivity (Wildman–Crippen MR) is 77.9 cm³/mol. The number of hydrogen-bond acceptors (Lipinski definition) is 2. The van der Waals surface area contributed by atoms with E-state index in [1.165, 1.54) is 0 Å². The first-order valence-corrected chi connectivity index (χ1v) is 6.99. The number of anilines is 1. The van der Waals surface area contributed by atoms with Crippen molar-refractivity contribution in [2.75, 3.05) is 11.9 Å². The highest BCUT2D eigenvalue weighted by atomic mass is 35.5. The number of furan rings is 1. The van der Waals surface area contributed by atoms with Gasteiger partial charge in [-0.3, -0.25) is 0 Å². The molecule has 3 rings (SSSR count). The van der Waals surface area contributed by atoms with Gasteiger partial charge in [-0.1, -0.05) is 23.7 Å². The van der Waals surface area contributed by atoms with E-state index < -0.39 is 0 Å². The van der Waals surface area contributed by atoms with Crippen LogP contribution in [0.3, 0.4) is 0 Å². The summed E-state index contributed by atoms with van der Waals surface area (Å²) in [5, 5.41) is 3.39. The third kappa shape index (κ3) is 2.51. The Bertz CT molecular complexity index is 598. The van der Waals surface area contributed by atoms with Crippen LogP contribution in [0.1, 0.15) is 24.6 Å². The number of nitrogens with zero attached hydrogens (tertiary/aromatic N) is 1. The van der Waals surface area contributed by atoms with Crippen molar-refractivity contribution in [2.24, 2.45) is 0 Å². The molecule has 1 saturated heterocycles. The highest BCUT2D eigenvalue weighted by Crippen LogP contribution is 2.33. The molecule has 1 aliphatic rings. The monoisotopic (exact) mass is 290 g/mol. The van der Waals surface area contributed by atoms with E-state index in [4.69, 9.17) is 16.0 Å². The second kappa shape index (κ2) is 5.59. The minimum Gasteiger partial charge on any atom is -0.467 e. The summed E-state index contributed by atoms with van der Waals surface area (Å²) in [5.74, 6) is 0.830. The van der Waals surface area contributed by atoms with Crippen LogP contribution in [-0.4, -0.2) is 17.5 Å². The molecule has 1 atom stereocenters. The summed E-state index contributed by atoms with van der Waals surface area (Å²) in [6, 6.07) is 10.8. The van der Waals surface area contributed by atoms with Gasteiger partial charge in [0.1, 0.15) is 5.76 Å². The Morgan fingerprint density at radius 3 is 2.90 bits per heavy atom. The number of rotatable bonds is 2. The van der Waals surface area contributed by atoms with Crippen LogP contribution in [0.5, 0.6) is 0 Å². The van der Waals surface area contributed by atoms with E-state index >= 15 is 0 Å². The van der Waals surface area contributed by atoms with Crippen molar-refractivity contribution in [1.82, 2.24) is 4.90 Å². The number of carbonyl (C=O) groups is 1. The van der Waals surface area contributed by atoms with E-state index in [2.05, 4.69) is 5.32 Å². The molecule has 1 N–H and O–H groups in total. The van der Waals surface area contributed by atoms with E-state index in [0.29, 0.717) is 10.7 Å². The molecule has 1 aromatic carbocycles. The Labute approximate surface area is 122 Å². The van der Waals surface area contributed by atoms with Gasteiger partial charge in [0.2, 0.25) is 0 Å². The normalized spacial score (nSPS) is 18.2. The quantitative estimate of drug-likeness (QED) is 0.896. The zero-order valence-corrected chi connectivity index (χ0v) is 11.6. The predicted octanol–water partition coefficient (Wildman–Crippen LogP) is 4.30. The van der Waals surface area contributed by atoms with Crippen LogP contribution in [0, 0.1) is 0 Å². The lowest BCUT2D eigenvalue weighted by molar-refractivity contribution is 0.200. The van der Waals surface area contributed by atoms with Crippen LogP contribution in [0.15, 0.2) is 47.1 Å². The molecule has 0 bridgehead atoms. The molecule has 1 fully saturated rings. The summed E-state index contributed by atoms with van der Waals surface area (Å²) in [6.07, 6.45) is 3.53. The number of likely N-dealkylation sites (tertiary alicyclic amines) is 1. The van der Waals surface area contributed by atoms with E-state index in [1.807, 2.05) is 24.3 Å². The van der Waals surface area contributed by atoms with Crippen LogP contribution in [0.25, 0.3) is 0 Å². The number of amides is 2. The van der Waals surface area contributed by atoms with E-state index in [9.17, 15) is 4.79 Å². The number of halogens is 1. The molecule has 0 saturated carbocycles. The third-order valence-corrected chi connectivity index (χ3v) is 3.83. The Balaban J connectivity index is 1.75. The summed E-state index contributed by atoms with van der Waals surface area (Å²) >= 11 is 6.06. The molecule has 0 aliphatic carbocycles. The smallest absolute Gasteiger partial charge is 0.322 e. The van der Waals surface area contributed by atoms with Gasteiger partial charge in [0.15, 0.2) is 0 Å². The fourth-order valence-corrected chi connectivity index (χ4v) is 2.72. The highest BCUT2D eigenvalue weighted by molar-refractivity contribution is 6.33. The Morgan fingerprint density at radius 1 is 1.30 bits per heavy atom. The molecule has 104 valence electrons. The molecule has 5 heteroatoms. The molecular weight excluding hydrogens is 276 g/mol. The first-order chi connectivity index (χ1) is 9.75. The average molecular weight is 291 g/mol. The van der Waals surface area contributed by atoms with E-state index in [-0.39, 0.29) is 12.1 Å². The van der Waals surface area contributed by atoms with Gasteiger partial charge < -0.3 is 14.6 Å². The van der Waals surface area contributed by atoms with Gasteiger partial charge in [-0.15, -0.1) is 0 Å². The lowest BCUT2D eigenvalue weighted by Gasteiger charge is -2.23. The van der Waals surface area contributed by atoms with Gasteiger partial charge in [0.25, 0.3) is 0 Å². The van der Waals surface area contributed by atoms with Crippen molar-refractivity contribution < 1.29 is 9.21 Å². The summed E-state index contributed by atoms with van der Waals surface area (Å²) in [7, 11) is 0. The van der Waals surface area contributed by atoms with Gasteiger partial charge in [-0.25, -0.2) is 4.79 Å². The second-order valence-electron chi connectivity index (χ2n) is 4.78. The molecule has 1 aliphatic heterocycles. The van der Waals surface area contributed by atoms with Crippen LogP contribution < -0.4 is 5.32 Å². The fourth-order valence-electron chi connectivity index (χ4n) is 2.54. The SMILES string of the molecule is O=C(Nc1ccccc1Cl)N1CCC[C@H]1c1ccco1. The fraction of sp³-hybridized carbons (Fsp3) is 0.267. The largest absolute Gasteiger partial charge is 0.467 e. The maximum absolute atomic E-state index is 12.4. The summed E-state index contributed by atoms with van der Waals surface area (Å²) in [6.45, 7) is 0.724. The third-order valence-electron chi connectivity index (χ3n) is 3.50. The molecular formula is C15H15ClN2O2. The lowest BCUT2D eigenvalue weighted by Crippen LogP contribution is -2.34. The second-order valence-corrected chi connectivity index (χ2v) is 5.18. The minimum atomic E-state index is -0.142. The summed E-state index contributed by atoms with van der Waals surface area (Å²) < 4.78 is 5.42. The summed E-state index contributed by atoms with van der Waals surface area (Å²) in [5.41, 5.74) is 0.629. The summed E-state index contributed by atoms with van der Waals surface area (Å²) in [4.78, 5) is 14.2. The molecule has 4 nitrogen and oxygen atoms in total. The molecule has 1 aromatic heterocycles. The van der Waals surface area contributed by atoms with Crippen molar-refractivity contribution in [3.63, 3.8) is 0 Å². The van der Waals surface area contributed by atoms with E-state index in [0.717, 1.165) is 25.1 Å². The lowest BCUT2D eigenvalue weighted by atomic mass is 10.2. The number of benzene rings is 1. The van der Waals surface area contributed by atoms with Gasteiger partial charge in [-0.05, 0) is 37.1 Å². The zero-order chi connectivity index (χ0) is 13.9. The maximum Gasteiger partial charge on any atom is 0.322 e. The number of hydrogen-bond donors (Lipinski definition) is 1. The Morgan fingerprint density at radius 2 is 2.15 bits per heavy atom. The highest BCUT2D eigenvalue weighted by Gasteiger charge is 2.31. The van der Waals surface area contributed by atoms with Crippen molar-refractivity contribution >= 4 is 23.3 Å². The van der Waals surface area contributed by atoms with Crippen LogP contribution >= 0.6 is 11.6 Å². The van der Waals surface area contributed by atoms with Gasteiger partial charge in [-0.2, -0.15) is 0 Å². The molecule has 20 heavy (non-hydrogen) atoms. The maximum atomic E-state index is 12.4. The van der Waals surface area contributed by atoms with Crippen molar-refractivity contribution in [2.45, 2.75) is 18.9 Å². The molecule has 0 spiro atoms. The van der Waals surface area contributed by atoms with Crippen LogP contribution in [-0.2, 0) is 0 Å². The standard InChI is InChI=1S/C15H15ClN2O2/c16-11-5-1-2-6-12(11)17-15(19)18-9-3-7-13(18)14-8-4-10-20-14/h1-2,4-6,8,10,13H,3,7,9H2,(H,17,19)/t13-/m0/s1. The Hall–Kier alpha value is -1.94. The Kier molecular flexibility index (Phi) is 3.65. The first-order valence-electron chi connectivity index (χ1n) is 6.61. The molecule has 0 unspecified atom stereocenters. The molecule has 0 radical (unpaired) electrons. The topological polar surface area (TPSA) is 45.5 Å². The number of urea groups is 1. The zero-order valence-electron chi connectivity index (χ0n) is 10.9. The van der Waals surface area contributed by atoms with Gasteiger partial charge in [0, 0.05) is 6.54 Å². The number of nitrogens with one attached hydrogen (secondary N) is 1. The first kappa shape index (κ1) is 13.1. The average Bonchev–Trinajstić information content (AvgIpc) is 3.11. The van der Waals surface area contributed by atoms with E-state index in [1.54, 1.807) is 23.3 Å². The minimum absolute atomic E-state index is 0.00693. The molecule has 2 heterocycles. The van der Waals surface area contributed by atoms with Crippen molar-refractivity contribution in [1.29, 1.82) is 0 Å². The molecule has 2 aromatic rings. The van der Waals surface area contributed by atoms with Crippen molar-refractivity contribution in [3.05, 3.63) is 53.4 Å². The van der Waals surface area contributed by atoms with Crippen LogP contribution in [0.4, 0.5) is 10.5 Å².